The summed E-state index contributed by atoms with van der Waals surface area (Å²) in [6, 6.07) is 0. The van der Waals surface area contributed by atoms with Crippen LogP contribution in [-0.4, -0.2) is 46.2 Å². The van der Waals surface area contributed by atoms with Crippen molar-refractivity contribution in [2.75, 3.05) is 13.1 Å². The number of nitrogens with zero attached hydrogens (tertiary/aromatic N) is 1. The van der Waals surface area contributed by atoms with Crippen molar-refractivity contribution >= 4 is 11.9 Å². The Morgan fingerprint density at radius 3 is 2.35 bits per heavy atom. The summed E-state index contributed by atoms with van der Waals surface area (Å²) >= 11 is 0. The average molecular weight is 323 g/mol. The molecule has 2 atom stereocenters. The Morgan fingerprint density at radius 2 is 1.70 bits per heavy atom. The molecule has 0 aromatic heterocycles. The molecule has 1 heterocycles. The number of amides is 1. The van der Waals surface area contributed by atoms with Crippen molar-refractivity contribution in [3.8, 4) is 0 Å². The van der Waals surface area contributed by atoms with E-state index in [1.165, 1.54) is 12.8 Å². The van der Waals surface area contributed by atoms with Gasteiger partial charge in [0, 0.05) is 19.0 Å². The van der Waals surface area contributed by atoms with Gasteiger partial charge in [-0.15, -0.1) is 0 Å². The second kappa shape index (κ2) is 6.08. The van der Waals surface area contributed by atoms with E-state index in [2.05, 4.69) is 13.8 Å². The molecule has 3 fully saturated rings. The molecule has 3 rings (SSSR count). The van der Waals surface area contributed by atoms with E-state index in [1.54, 1.807) is 0 Å². The molecule has 0 aromatic carbocycles. The molecule has 1 spiro atoms. The van der Waals surface area contributed by atoms with Crippen molar-refractivity contribution in [1.29, 1.82) is 0 Å². The first-order valence-electron chi connectivity index (χ1n) is 9.02. The lowest BCUT2D eigenvalue weighted by Crippen LogP contribution is -2.61. The number of carbonyl (C=O) groups excluding carboxylic acids is 1. The van der Waals surface area contributed by atoms with Gasteiger partial charge < -0.3 is 14.7 Å². The first kappa shape index (κ1) is 16.7. The topological polar surface area (TPSA) is 66.8 Å². The Kier molecular flexibility index (Phi) is 4.43. The third-order valence-corrected chi connectivity index (χ3v) is 5.74. The van der Waals surface area contributed by atoms with Gasteiger partial charge in [0.25, 0.3) is 0 Å². The molecule has 1 N–H and O–H groups in total. The van der Waals surface area contributed by atoms with E-state index in [4.69, 9.17) is 4.74 Å². The number of morpholine rings is 1. The first-order valence-corrected chi connectivity index (χ1v) is 9.02. The molecule has 23 heavy (non-hydrogen) atoms. The van der Waals surface area contributed by atoms with Crippen molar-refractivity contribution in [1.82, 2.24) is 4.90 Å². The van der Waals surface area contributed by atoms with Crippen LogP contribution in [0.5, 0.6) is 0 Å². The number of aliphatic carboxylic acids is 1. The lowest BCUT2D eigenvalue weighted by molar-refractivity contribution is -0.200. The fourth-order valence-electron chi connectivity index (χ4n) is 4.85. The van der Waals surface area contributed by atoms with Gasteiger partial charge >= 0.3 is 5.97 Å². The van der Waals surface area contributed by atoms with Gasteiger partial charge in [0.05, 0.1) is 17.1 Å². The summed E-state index contributed by atoms with van der Waals surface area (Å²) in [5.74, 6) is -1.08. The van der Waals surface area contributed by atoms with Gasteiger partial charge in [0.2, 0.25) is 5.91 Å². The average Bonchev–Trinajstić information content (AvgIpc) is 2.92. The summed E-state index contributed by atoms with van der Waals surface area (Å²) in [5.41, 5.74) is -0.489. The molecule has 0 radical (unpaired) electrons. The van der Waals surface area contributed by atoms with E-state index >= 15 is 0 Å². The maximum absolute atomic E-state index is 13.0. The lowest BCUT2D eigenvalue weighted by Gasteiger charge is -2.49. The van der Waals surface area contributed by atoms with Crippen molar-refractivity contribution in [2.45, 2.75) is 76.4 Å². The number of ether oxygens (including phenoxy) is 1. The zero-order chi connectivity index (χ0) is 16.7. The minimum Gasteiger partial charge on any atom is -0.481 e. The van der Waals surface area contributed by atoms with Crippen LogP contribution in [0.1, 0.15) is 65.2 Å². The predicted octanol–water partition coefficient (Wildman–Crippen LogP) is 2.83. The van der Waals surface area contributed by atoms with E-state index in [9.17, 15) is 14.7 Å². The predicted molar refractivity (Wildman–Crippen MR) is 86.0 cm³/mol. The number of hydrogen-bond donors (Lipinski definition) is 1. The van der Waals surface area contributed by atoms with Crippen LogP contribution in [0.4, 0.5) is 0 Å². The molecule has 5 nitrogen and oxygen atoms in total. The Balaban J connectivity index is 1.71. The van der Waals surface area contributed by atoms with Gasteiger partial charge in [-0.2, -0.15) is 0 Å². The summed E-state index contributed by atoms with van der Waals surface area (Å²) < 4.78 is 6.36. The van der Waals surface area contributed by atoms with Crippen LogP contribution >= 0.6 is 0 Å². The highest BCUT2D eigenvalue weighted by molar-refractivity contribution is 5.80. The zero-order valence-corrected chi connectivity index (χ0v) is 14.3. The van der Waals surface area contributed by atoms with Crippen LogP contribution in [-0.2, 0) is 14.3 Å². The quantitative estimate of drug-likeness (QED) is 0.848. The second-order valence-corrected chi connectivity index (χ2v) is 8.34. The number of carbonyl (C=O) groups is 2. The zero-order valence-electron chi connectivity index (χ0n) is 14.3. The van der Waals surface area contributed by atoms with Crippen molar-refractivity contribution in [3.05, 3.63) is 0 Å². The first-order chi connectivity index (χ1) is 10.8. The SMILES string of the molecule is CC1(C)CN(C(=O)C2CCCC(C(=O)O)C2)CC2(CCCC2)O1. The fraction of sp³-hybridized carbons (Fsp3) is 0.889. The largest absolute Gasteiger partial charge is 0.481 e. The van der Waals surface area contributed by atoms with Gasteiger partial charge in [0.1, 0.15) is 0 Å². The Hall–Kier alpha value is -1.10. The molecule has 0 bridgehead atoms. The monoisotopic (exact) mass is 323 g/mol. The van der Waals surface area contributed by atoms with E-state index in [0.29, 0.717) is 25.9 Å². The van der Waals surface area contributed by atoms with Crippen LogP contribution in [0.15, 0.2) is 0 Å². The van der Waals surface area contributed by atoms with Crippen molar-refractivity contribution < 1.29 is 19.4 Å². The maximum atomic E-state index is 13.0. The molecule has 2 unspecified atom stereocenters. The summed E-state index contributed by atoms with van der Waals surface area (Å²) in [4.78, 5) is 26.3. The highest BCUT2D eigenvalue weighted by Crippen LogP contribution is 2.41. The standard InChI is InChI=1S/C18H29NO4/c1-17(2)11-19(12-18(23-17)8-3-4-9-18)15(20)13-6-5-7-14(10-13)16(21)22/h13-14H,3-12H2,1-2H3,(H,21,22). The third kappa shape index (κ3) is 3.54. The van der Waals surface area contributed by atoms with E-state index in [0.717, 1.165) is 25.7 Å². The number of carboxylic acid groups (broad SMARTS) is 1. The van der Waals surface area contributed by atoms with Gasteiger partial charge in [-0.05, 0) is 46.0 Å². The van der Waals surface area contributed by atoms with Crippen molar-refractivity contribution in [2.24, 2.45) is 11.8 Å². The molecule has 1 amide bonds. The summed E-state index contributed by atoms with van der Waals surface area (Å²) in [6.07, 6.45) is 7.27. The minimum atomic E-state index is -0.753. The van der Waals surface area contributed by atoms with Crippen LogP contribution in [0, 0.1) is 11.8 Å². The molecule has 2 aliphatic carbocycles. The smallest absolute Gasteiger partial charge is 0.306 e. The molecule has 1 saturated heterocycles. The van der Waals surface area contributed by atoms with Gasteiger partial charge in [-0.1, -0.05) is 19.3 Å². The van der Waals surface area contributed by atoms with Gasteiger partial charge in [-0.3, -0.25) is 9.59 Å². The van der Waals surface area contributed by atoms with E-state index in [-0.39, 0.29) is 28.9 Å². The van der Waals surface area contributed by atoms with Crippen LogP contribution in [0.25, 0.3) is 0 Å². The van der Waals surface area contributed by atoms with Gasteiger partial charge in [0.15, 0.2) is 0 Å². The second-order valence-electron chi connectivity index (χ2n) is 8.34. The third-order valence-electron chi connectivity index (χ3n) is 5.74. The fourth-order valence-corrected chi connectivity index (χ4v) is 4.85. The molecule has 3 aliphatic rings. The van der Waals surface area contributed by atoms with E-state index < -0.39 is 5.97 Å². The Labute approximate surface area is 138 Å². The molecule has 0 aromatic rings. The van der Waals surface area contributed by atoms with Crippen LogP contribution in [0.3, 0.4) is 0 Å². The molecule has 5 heteroatoms. The molecule has 1 aliphatic heterocycles. The Bertz CT molecular complexity index is 481. The number of rotatable bonds is 2. The summed E-state index contributed by atoms with van der Waals surface area (Å²) in [6.45, 7) is 5.42. The van der Waals surface area contributed by atoms with Crippen LogP contribution < -0.4 is 0 Å². The minimum absolute atomic E-state index is 0.128. The summed E-state index contributed by atoms with van der Waals surface area (Å²) in [5, 5.41) is 9.25. The normalized spacial score (nSPS) is 32.9. The molecule has 2 saturated carbocycles. The number of carboxylic acids is 1. The Morgan fingerprint density at radius 1 is 1.04 bits per heavy atom. The lowest BCUT2D eigenvalue weighted by atomic mass is 9.80. The summed E-state index contributed by atoms with van der Waals surface area (Å²) in [7, 11) is 0. The molecular weight excluding hydrogens is 294 g/mol. The highest BCUT2D eigenvalue weighted by atomic mass is 16.5. The van der Waals surface area contributed by atoms with Crippen molar-refractivity contribution in [3.63, 3.8) is 0 Å². The highest BCUT2D eigenvalue weighted by Gasteiger charge is 2.48. The number of hydrogen-bond acceptors (Lipinski definition) is 3. The van der Waals surface area contributed by atoms with Gasteiger partial charge in [-0.25, -0.2) is 0 Å². The molecular formula is C18H29NO4. The van der Waals surface area contributed by atoms with Crippen LogP contribution in [0.2, 0.25) is 0 Å². The van der Waals surface area contributed by atoms with E-state index in [1.807, 2.05) is 4.90 Å². The maximum Gasteiger partial charge on any atom is 0.306 e. The molecule has 130 valence electrons.